The summed E-state index contributed by atoms with van der Waals surface area (Å²) in [6.45, 7) is 1.55. The molecule has 0 fully saturated rings. The van der Waals surface area contributed by atoms with Crippen LogP contribution >= 0.6 is 23.2 Å². The number of halogens is 5. The van der Waals surface area contributed by atoms with Crippen molar-refractivity contribution in [3.63, 3.8) is 0 Å². The van der Waals surface area contributed by atoms with Gasteiger partial charge in [0.15, 0.2) is 5.03 Å². The largest absolute Gasteiger partial charge is 0.482 e. The third kappa shape index (κ3) is 3.72. The number of hydrogen-bond donors (Lipinski definition) is 0. The molecule has 0 aromatic rings. The molecule has 0 bridgehead atoms. The molecule has 0 aliphatic heterocycles. The van der Waals surface area contributed by atoms with Crippen molar-refractivity contribution >= 4 is 23.2 Å². The molecule has 0 atom stereocenters. The molecule has 0 N–H and O–H groups in total. The van der Waals surface area contributed by atoms with Gasteiger partial charge < -0.3 is 4.74 Å². The van der Waals surface area contributed by atoms with Gasteiger partial charge in [0, 0.05) is 0 Å². The summed E-state index contributed by atoms with van der Waals surface area (Å²) in [5, 5.41) is -2.25. The Hall–Kier alpha value is -0.0900. The molecule has 0 amide bonds. The minimum atomic E-state index is -4.63. The molecule has 0 aliphatic rings. The van der Waals surface area contributed by atoms with Crippen LogP contribution in [0.4, 0.5) is 13.2 Å². The van der Waals surface area contributed by atoms with Gasteiger partial charge in [-0.15, -0.1) is 0 Å². The first-order chi connectivity index (χ1) is 4.89. The Morgan fingerprint density at radius 1 is 1.36 bits per heavy atom. The first-order valence-electron chi connectivity index (χ1n) is 2.64. The Labute approximate surface area is 71.7 Å². The summed E-state index contributed by atoms with van der Waals surface area (Å²) in [5.74, 6) is 0. The average Bonchev–Trinajstić information content (AvgIpc) is 1.85. The van der Waals surface area contributed by atoms with Gasteiger partial charge in [-0.1, -0.05) is 11.6 Å². The summed E-state index contributed by atoms with van der Waals surface area (Å²) in [5.41, 5.74) is 0. The van der Waals surface area contributed by atoms with Crippen molar-refractivity contribution in [1.82, 2.24) is 0 Å². The van der Waals surface area contributed by atoms with Crippen molar-refractivity contribution < 1.29 is 17.9 Å². The van der Waals surface area contributed by atoms with Gasteiger partial charge in [0.05, 0.1) is 6.61 Å². The van der Waals surface area contributed by atoms with Crippen LogP contribution < -0.4 is 0 Å². The number of ether oxygens (including phenoxy) is 1. The molecular weight excluding hydrogens is 204 g/mol. The Morgan fingerprint density at radius 3 is 2.09 bits per heavy atom. The monoisotopic (exact) mass is 208 g/mol. The summed E-state index contributed by atoms with van der Waals surface area (Å²) in [6.07, 6.45) is -4.63. The first kappa shape index (κ1) is 10.9. The molecule has 0 aliphatic carbocycles. The maximum absolute atomic E-state index is 11.7. The van der Waals surface area contributed by atoms with E-state index in [9.17, 15) is 13.2 Å². The molecule has 66 valence electrons. The van der Waals surface area contributed by atoms with Gasteiger partial charge in [-0.05, 0) is 18.5 Å². The van der Waals surface area contributed by atoms with Crippen LogP contribution in [0.25, 0.3) is 0 Å². The van der Waals surface area contributed by atoms with Gasteiger partial charge in [-0.25, -0.2) is 0 Å². The summed E-state index contributed by atoms with van der Waals surface area (Å²) in [4.78, 5) is 0. The molecule has 11 heavy (non-hydrogen) atoms. The Kier molecular flexibility index (Phi) is 4.03. The summed E-state index contributed by atoms with van der Waals surface area (Å²) in [7, 11) is 0. The molecule has 0 aromatic carbocycles. The normalized spacial score (nSPS) is 14.4. The van der Waals surface area contributed by atoms with Crippen LogP contribution in [0, 0.1) is 0 Å². The fraction of sp³-hybridized carbons (Fsp3) is 0.600. The lowest BCUT2D eigenvalue weighted by Gasteiger charge is -2.07. The number of rotatable bonds is 2. The Morgan fingerprint density at radius 2 is 1.82 bits per heavy atom. The van der Waals surface area contributed by atoms with Crippen molar-refractivity contribution in [2.24, 2.45) is 0 Å². The van der Waals surface area contributed by atoms with Crippen LogP contribution in [0.15, 0.2) is 10.3 Å². The van der Waals surface area contributed by atoms with Crippen molar-refractivity contribution in [3.05, 3.63) is 10.3 Å². The van der Waals surface area contributed by atoms with Crippen LogP contribution in [-0.2, 0) is 4.74 Å². The van der Waals surface area contributed by atoms with Crippen molar-refractivity contribution in [2.75, 3.05) is 6.61 Å². The van der Waals surface area contributed by atoms with E-state index in [2.05, 4.69) is 4.74 Å². The van der Waals surface area contributed by atoms with Crippen LogP contribution in [0.3, 0.4) is 0 Å². The highest BCUT2D eigenvalue weighted by Crippen LogP contribution is 2.32. The van der Waals surface area contributed by atoms with E-state index in [0.717, 1.165) is 0 Å². The second-order valence-electron chi connectivity index (χ2n) is 1.52. The van der Waals surface area contributed by atoms with Crippen LogP contribution in [0.2, 0.25) is 0 Å². The maximum Gasteiger partial charge on any atom is 0.431 e. The lowest BCUT2D eigenvalue weighted by Crippen LogP contribution is -2.09. The van der Waals surface area contributed by atoms with Crippen molar-refractivity contribution in [2.45, 2.75) is 13.1 Å². The molecule has 0 heterocycles. The fourth-order valence-electron chi connectivity index (χ4n) is 0.302. The van der Waals surface area contributed by atoms with E-state index in [0.29, 0.717) is 0 Å². The van der Waals surface area contributed by atoms with Gasteiger partial charge in [0.2, 0.25) is 5.22 Å². The van der Waals surface area contributed by atoms with E-state index in [4.69, 9.17) is 23.2 Å². The lowest BCUT2D eigenvalue weighted by atomic mass is 10.6. The zero-order chi connectivity index (χ0) is 9.07. The molecule has 0 unspecified atom stereocenters. The third-order valence-electron chi connectivity index (χ3n) is 0.693. The molecule has 6 heteroatoms. The number of alkyl halides is 3. The highest BCUT2D eigenvalue weighted by molar-refractivity contribution is 6.38. The van der Waals surface area contributed by atoms with Crippen molar-refractivity contribution in [1.29, 1.82) is 0 Å². The predicted octanol–water partition coefficient (Wildman–Crippen LogP) is 3.23. The van der Waals surface area contributed by atoms with Gasteiger partial charge in [0.1, 0.15) is 0 Å². The second kappa shape index (κ2) is 4.07. The molecule has 0 radical (unpaired) electrons. The highest BCUT2D eigenvalue weighted by atomic mass is 35.5. The summed E-state index contributed by atoms with van der Waals surface area (Å²) >= 11 is 9.81. The molecule has 1 nitrogen and oxygen atoms in total. The van der Waals surface area contributed by atoms with E-state index >= 15 is 0 Å². The summed E-state index contributed by atoms with van der Waals surface area (Å²) in [6, 6.07) is 0. The maximum atomic E-state index is 11.7. The van der Waals surface area contributed by atoms with Gasteiger partial charge in [0.25, 0.3) is 0 Å². The number of hydrogen-bond acceptors (Lipinski definition) is 1. The molecule has 0 saturated carbocycles. The average molecular weight is 209 g/mol. The van der Waals surface area contributed by atoms with Crippen LogP contribution in [-0.4, -0.2) is 12.8 Å². The molecule has 0 spiro atoms. The Bertz CT molecular complexity index is 164. The predicted molar refractivity (Wildman–Crippen MR) is 36.4 cm³/mol. The molecule has 0 saturated heterocycles. The minimum Gasteiger partial charge on any atom is -0.482 e. The molecular formula is C5H5Cl2F3O. The standard InChI is InChI=1S/C5H5Cl2F3O/c1-2-11-4(7)3(6)5(8,9)10/h2H2,1H3/b4-3-. The highest BCUT2D eigenvalue weighted by Gasteiger charge is 2.36. The van der Waals surface area contributed by atoms with E-state index in [-0.39, 0.29) is 6.61 Å². The van der Waals surface area contributed by atoms with E-state index in [1.807, 2.05) is 0 Å². The van der Waals surface area contributed by atoms with Crippen LogP contribution in [0.1, 0.15) is 6.92 Å². The SMILES string of the molecule is CCO/C(Cl)=C(\Cl)C(F)(F)F. The second-order valence-corrected chi connectivity index (χ2v) is 2.24. The lowest BCUT2D eigenvalue weighted by molar-refractivity contribution is -0.0869. The summed E-state index contributed by atoms with van der Waals surface area (Å²) < 4.78 is 39.3. The zero-order valence-corrected chi connectivity index (χ0v) is 7.02. The van der Waals surface area contributed by atoms with Gasteiger partial charge in [-0.2, -0.15) is 13.2 Å². The van der Waals surface area contributed by atoms with E-state index in [1.54, 1.807) is 0 Å². The third-order valence-corrected chi connectivity index (χ3v) is 1.47. The van der Waals surface area contributed by atoms with Gasteiger partial charge >= 0.3 is 6.18 Å². The van der Waals surface area contributed by atoms with Crippen LogP contribution in [0.5, 0.6) is 0 Å². The first-order valence-corrected chi connectivity index (χ1v) is 3.40. The Balaban J connectivity index is 4.39. The van der Waals surface area contributed by atoms with E-state index < -0.39 is 16.4 Å². The topological polar surface area (TPSA) is 9.23 Å². The van der Waals surface area contributed by atoms with E-state index in [1.165, 1.54) is 6.92 Å². The van der Waals surface area contributed by atoms with Crippen molar-refractivity contribution in [3.8, 4) is 0 Å². The molecule has 0 rings (SSSR count). The zero-order valence-electron chi connectivity index (χ0n) is 5.51. The quantitative estimate of drug-likeness (QED) is 0.634. The fourth-order valence-corrected chi connectivity index (χ4v) is 0.572. The minimum absolute atomic E-state index is 0.0468. The van der Waals surface area contributed by atoms with Gasteiger partial charge in [-0.3, -0.25) is 0 Å². The molecule has 0 aromatic heterocycles. The smallest absolute Gasteiger partial charge is 0.431 e. The number of allylic oxidation sites excluding steroid dienone is 1.